The van der Waals surface area contributed by atoms with E-state index in [-0.39, 0.29) is 31.2 Å². The maximum absolute atomic E-state index is 11.5. The Morgan fingerprint density at radius 3 is 1.47 bits per heavy atom. The largest absolute Gasteiger partial charge is 0.490 e. The van der Waals surface area contributed by atoms with Gasteiger partial charge in [0.1, 0.15) is 17.8 Å². The molecule has 2 aliphatic carbocycles. The van der Waals surface area contributed by atoms with Crippen molar-refractivity contribution >= 4 is 39.8 Å². The molecule has 1 N–H and O–H groups in total. The summed E-state index contributed by atoms with van der Waals surface area (Å²) in [6, 6.07) is 25.0. The summed E-state index contributed by atoms with van der Waals surface area (Å²) in [7, 11) is 2.88. The van der Waals surface area contributed by atoms with Gasteiger partial charge in [0.05, 0.1) is 38.3 Å². The van der Waals surface area contributed by atoms with Gasteiger partial charge < -0.3 is 24.3 Å². The second-order valence-corrected chi connectivity index (χ2v) is 19.9. The van der Waals surface area contributed by atoms with Gasteiger partial charge in [0.15, 0.2) is 0 Å². The predicted octanol–water partition coefficient (Wildman–Crippen LogP) is 11.1. The molecule has 0 unspecified atom stereocenters. The van der Waals surface area contributed by atoms with Gasteiger partial charge in [-0.2, -0.15) is 0 Å². The maximum Gasteiger partial charge on any atom is 0.311 e. The van der Waals surface area contributed by atoms with Gasteiger partial charge in [-0.1, -0.05) is 85.4 Å². The number of carbonyl (C=O) groups is 3. The average Bonchev–Trinajstić information content (AvgIpc) is 3.21. The zero-order chi connectivity index (χ0) is 43.7. The van der Waals surface area contributed by atoms with E-state index < -0.39 is 0 Å². The predicted molar refractivity (Wildman–Crippen MR) is 251 cm³/mol. The monoisotopic (exact) mass is 851 g/mol. The highest BCUT2D eigenvalue weighted by Crippen LogP contribution is 2.40. The number of hydrogen-bond donors (Lipinski definition) is 1. The average molecular weight is 851 g/mol. The van der Waals surface area contributed by atoms with Crippen LogP contribution in [0.15, 0.2) is 72.8 Å². The summed E-state index contributed by atoms with van der Waals surface area (Å²) < 4.78 is 21.8. The highest BCUT2D eigenvalue weighted by atomic mass is 16.5. The van der Waals surface area contributed by atoms with E-state index in [1.165, 1.54) is 56.2 Å². The Morgan fingerprint density at radius 2 is 1.05 bits per heavy atom. The third-order valence-corrected chi connectivity index (χ3v) is 13.5. The number of aldehydes is 1. The van der Waals surface area contributed by atoms with Crippen LogP contribution in [0.5, 0.6) is 11.5 Å². The van der Waals surface area contributed by atoms with E-state index >= 15 is 0 Å². The summed E-state index contributed by atoms with van der Waals surface area (Å²) in [5.41, 5.74) is 2.80. The van der Waals surface area contributed by atoms with E-state index in [0.717, 1.165) is 98.8 Å². The number of ether oxygens (including phenoxy) is 4. The lowest BCUT2D eigenvalue weighted by atomic mass is 9.72. The molecule has 8 rings (SSSR count). The molecule has 338 valence electrons. The number of rotatable bonds is 9. The molecule has 0 amide bonds. The standard InChI is InChI=1S/C26H35NO3.C21H26O2.C5H9NO2.CH4/c1-26(2,3)22-8-11-23(12-9-22)30-24-10-7-19-13-18(5-6-20(19)14-24)15-27-16-21(17-27)25(28)29-4;1-21(2,3)18-7-10-19(11-8-18)23-20-9-6-16-12-15(14-22)4-5-17(16)13-20;1-8-5(7)4-2-6-3-4;/h5-7,10,13-14,21-23H,8-9,11-12,15-17H2,1-4H3;4-6,9,12-14,18-19H,7-8,10-11H2,1-3H3;4,6H,2-3H2,1H3;1H4. The number of nitrogens with zero attached hydrogens (tertiary/aromatic N) is 1. The fourth-order valence-corrected chi connectivity index (χ4v) is 9.21. The first-order valence-corrected chi connectivity index (χ1v) is 22.6. The van der Waals surface area contributed by atoms with E-state index in [9.17, 15) is 14.4 Å². The van der Waals surface area contributed by atoms with Crippen LogP contribution in [0.4, 0.5) is 0 Å². The lowest BCUT2D eigenvalue weighted by Crippen LogP contribution is -2.49. The molecule has 2 heterocycles. The van der Waals surface area contributed by atoms with Gasteiger partial charge in [0.2, 0.25) is 0 Å². The Hall–Kier alpha value is -4.47. The van der Waals surface area contributed by atoms with Crippen molar-refractivity contribution in [1.29, 1.82) is 0 Å². The smallest absolute Gasteiger partial charge is 0.311 e. The Balaban J connectivity index is 0.000000200. The SMILES string of the molecule is C.CC(C)(C)C1CCC(Oc2ccc3cc(C=O)ccc3c2)CC1.COC(=O)C1CN(Cc2ccc3cc(OC4CCC(C(C)(C)C)CC4)ccc3c2)C1.COC(=O)C1CNC1. The minimum absolute atomic E-state index is 0. The maximum atomic E-state index is 11.5. The molecule has 4 aliphatic rings. The highest BCUT2D eigenvalue weighted by Gasteiger charge is 2.34. The molecule has 4 fully saturated rings. The number of carbonyl (C=O) groups excluding carboxylic acids is 3. The van der Waals surface area contributed by atoms with Crippen molar-refractivity contribution in [3.63, 3.8) is 0 Å². The molecule has 2 saturated carbocycles. The van der Waals surface area contributed by atoms with Gasteiger partial charge >= 0.3 is 11.9 Å². The molecule has 62 heavy (non-hydrogen) atoms. The molecule has 0 atom stereocenters. The molecule has 0 aromatic heterocycles. The van der Waals surface area contributed by atoms with Gasteiger partial charge in [-0.15, -0.1) is 0 Å². The van der Waals surface area contributed by atoms with Crippen LogP contribution in [-0.4, -0.2) is 75.7 Å². The topological polar surface area (TPSA) is 103 Å². The van der Waals surface area contributed by atoms with Crippen molar-refractivity contribution in [1.82, 2.24) is 10.2 Å². The molecule has 9 nitrogen and oxygen atoms in total. The summed E-state index contributed by atoms with van der Waals surface area (Å²) in [5.74, 6) is 3.51. The summed E-state index contributed by atoms with van der Waals surface area (Å²) in [6.07, 6.45) is 11.2. The first-order chi connectivity index (χ1) is 29.1. The quantitative estimate of drug-likeness (QED) is 0.130. The number of likely N-dealkylation sites (tertiary alicyclic amines) is 1. The lowest BCUT2D eigenvalue weighted by molar-refractivity contribution is -0.151. The molecule has 4 aromatic carbocycles. The number of fused-ring (bicyclic) bond motifs is 2. The van der Waals surface area contributed by atoms with Crippen LogP contribution in [0, 0.1) is 34.5 Å². The van der Waals surface area contributed by atoms with Gasteiger partial charge in [0.25, 0.3) is 0 Å². The summed E-state index contributed by atoms with van der Waals surface area (Å²) in [5, 5.41) is 7.63. The molecule has 0 bridgehead atoms. The van der Waals surface area contributed by atoms with Crippen molar-refractivity contribution < 1.29 is 33.3 Å². The van der Waals surface area contributed by atoms with Crippen molar-refractivity contribution in [2.75, 3.05) is 40.4 Å². The minimum Gasteiger partial charge on any atom is -0.490 e. The van der Waals surface area contributed by atoms with Crippen LogP contribution in [0.25, 0.3) is 21.5 Å². The Kier molecular flexibility index (Phi) is 17.0. The number of hydrogen-bond acceptors (Lipinski definition) is 9. The third-order valence-electron chi connectivity index (χ3n) is 13.5. The zero-order valence-corrected chi connectivity index (χ0v) is 38.0. The van der Waals surface area contributed by atoms with E-state index in [1.54, 1.807) is 0 Å². The Labute approximate surface area is 371 Å². The van der Waals surface area contributed by atoms with E-state index in [1.807, 2.05) is 30.3 Å². The molecular formula is C53H74N2O7. The van der Waals surface area contributed by atoms with Gasteiger partial charge in [0, 0.05) is 38.3 Å². The molecule has 4 aromatic rings. The van der Waals surface area contributed by atoms with Gasteiger partial charge in [-0.25, -0.2) is 0 Å². The van der Waals surface area contributed by atoms with Gasteiger partial charge in [-0.05, 0) is 138 Å². The fourth-order valence-electron chi connectivity index (χ4n) is 9.21. The second kappa shape index (κ2) is 21.7. The van der Waals surface area contributed by atoms with Crippen molar-refractivity contribution in [3.8, 4) is 11.5 Å². The van der Waals surface area contributed by atoms with E-state index in [2.05, 4.69) is 99.0 Å². The zero-order valence-electron chi connectivity index (χ0n) is 38.0. The molecule has 0 spiro atoms. The minimum atomic E-state index is -0.0937. The highest BCUT2D eigenvalue weighted by molar-refractivity contribution is 5.89. The van der Waals surface area contributed by atoms with Crippen LogP contribution in [0.2, 0.25) is 0 Å². The van der Waals surface area contributed by atoms with Crippen LogP contribution in [-0.2, 0) is 25.6 Å². The van der Waals surface area contributed by atoms with Gasteiger partial charge in [-0.3, -0.25) is 19.3 Å². The molecular weight excluding hydrogens is 777 g/mol. The van der Waals surface area contributed by atoms with E-state index in [0.29, 0.717) is 28.6 Å². The number of benzene rings is 4. The third kappa shape index (κ3) is 13.3. The van der Waals surface area contributed by atoms with Crippen LogP contribution in [0.1, 0.15) is 116 Å². The fraction of sp³-hybridized carbons (Fsp3) is 0.566. The molecule has 0 radical (unpaired) electrons. The van der Waals surface area contributed by atoms with Crippen molar-refractivity contribution in [3.05, 3.63) is 83.9 Å². The normalized spacial score (nSPS) is 21.9. The van der Waals surface area contributed by atoms with Crippen LogP contribution >= 0.6 is 0 Å². The number of esters is 2. The van der Waals surface area contributed by atoms with Crippen LogP contribution < -0.4 is 14.8 Å². The number of nitrogens with one attached hydrogen (secondary N) is 1. The van der Waals surface area contributed by atoms with Crippen molar-refractivity contribution in [2.45, 2.75) is 119 Å². The molecule has 9 heteroatoms. The van der Waals surface area contributed by atoms with Crippen LogP contribution in [0.3, 0.4) is 0 Å². The first kappa shape index (κ1) is 48.6. The molecule has 2 saturated heterocycles. The summed E-state index contributed by atoms with van der Waals surface area (Å²) in [6.45, 7) is 18.1. The Morgan fingerprint density at radius 1 is 0.613 bits per heavy atom. The van der Waals surface area contributed by atoms with E-state index in [4.69, 9.17) is 14.2 Å². The lowest BCUT2D eigenvalue weighted by Gasteiger charge is -2.37. The Bertz CT molecular complexity index is 2080. The summed E-state index contributed by atoms with van der Waals surface area (Å²) >= 11 is 0. The van der Waals surface area contributed by atoms with Crippen molar-refractivity contribution in [2.24, 2.45) is 34.5 Å². The summed E-state index contributed by atoms with van der Waals surface area (Å²) in [4.78, 5) is 35.2. The molecule has 2 aliphatic heterocycles. The second-order valence-electron chi connectivity index (χ2n) is 19.9. The first-order valence-electron chi connectivity index (χ1n) is 22.6. The number of methoxy groups -OCH3 is 2.